The molecule has 0 atom stereocenters. The number of benzene rings is 2. The molecule has 1 saturated heterocycles. The topological polar surface area (TPSA) is 79.5 Å². The summed E-state index contributed by atoms with van der Waals surface area (Å²) in [6.07, 6.45) is 0. The Hall–Kier alpha value is -3.03. The van der Waals surface area contributed by atoms with Gasteiger partial charge in [-0.05, 0) is 24.6 Å². The molecule has 1 aliphatic rings. The summed E-state index contributed by atoms with van der Waals surface area (Å²) in [5.74, 6) is -0.355. The number of carbonyl (C=O) groups is 2. The van der Waals surface area contributed by atoms with Gasteiger partial charge in [0.15, 0.2) is 0 Å². The fraction of sp³-hybridized carbons (Fsp3) is 0.261. The monoisotopic (exact) mass is 420 g/mol. The van der Waals surface area contributed by atoms with E-state index in [9.17, 15) is 9.59 Å². The predicted octanol–water partition coefficient (Wildman–Crippen LogP) is 3.18. The summed E-state index contributed by atoms with van der Waals surface area (Å²) in [5, 5.41) is 0.898. The highest BCUT2D eigenvalue weighted by atomic mass is 32.1. The molecule has 2 aromatic carbocycles. The highest BCUT2D eigenvalue weighted by Crippen LogP contribution is 2.29. The molecule has 0 spiro atoms. The van der Waals surface area contributed by atoms with Crippen LogP contribution in [0.15, 0.2) is 54.6 Å². The third-order valence-corrected chi connectivity index (χ3v) is 6.24. The van der Waals surface area contributed by atoms with Crippen molar-refractivity contribution in [3.8, 4) is 11.3 Å². The Bertz CT molecular complexity index is 1040. The third-order valence-electron chi connectivity index (χ3n) is 5.28. The molecule has 6 nitrogen and oxygen atoms in total. The number of nitrogens with zero attached hydrogens (tertiary/aromatic N) is 3. The average molecular weight is 421 g/mol. The van der Waals surface area contributed by atoms with Crippen LogP contribution >= 0.6 is 11.3 Å². The predicted molar refractivity (Wildman–Crippen MR) is 118 cm³/mol. The van der Waals surface area contributed by atoms with Crippen LogP contribution in [0.2, 0.25) is 0 Å². The Balaban J connectivity index is 1.40. The molecule has 2 N–H and O–H groups in total. The van der Waals surface area contributed by atoms with E-state index in [0.29, 0.717) is 23.5 Å². The van der Waals surface area contributed by atoms with Crippen LogP contribution in [0.5, 0.6) is 0 Å². The van der Waals surface area contributed by atoms with Crippen molar-refractivity contribution in [3.05, 3.63) is 75.6 Å². The Labute approximate surface area is 180 Å². The van der Waals surface area contributed by atoms with Crippen LogP contribution in [0.25, 0.3) is 11.3 Å². The van der Waals surface area contributed by atoms with E-state index in [4.69, 9.17) is 5.73 Å². The molecule has 1 aromatic heterocycles. The molecule has 4 rings (SSSR count). The van der Waals surface area contributed by atoms with Gasteiger partial charge >= 0.3 is 0 Å². The first-order valence-electron chi connectivity index (χ1n) is 9.94. The number of hydrogen-bond donors (Lipinski definition) is 1. The molecule has 0 unspecified atom stereocenters. The number of aromatic nitrogens is 1. The van der Waals surface area contributed by atoms with Gasteiger partial charge in [0.05, 0.1) is 10.7 Å². The summed E-state index contributed by atoms with van der Waals surface area (Å²) in [7, 11) is 0. The van der Waals surface area contributed by atoms with Gasteiger partial charge in [-0.15, -0.1) is 11.3 Å². The van der Waals surface area contributed by atoms with Crippen LogP contribution in [0.4, 0.5) is 0 Å². The lowest BCUT2D eigenvalue weighted by Gasteiger charge is -2.34. The molecule has 3 aromatic rings. The largest absolute Gasteiger partial charge is 0.366 e. The minimum atomic E-state index is -0.415. The molecule has 0 bridgehead atoms. The minimum Gasteiger partial charge on any atom is -0.366 e. The van der Waals surface area contributed by atoms with Crippen molar-refractivity contribution < 1.29 is 9.59 Å². The molecule has 0 aliphatic carbocycles. The summed E-state index contributed by atoms with van der Waals surface area (Å²) in [4.78, 5) is 34.0. The SMILES string of the molecule is Cc1nc(-c2ccccc2)c(C(=O)N2CCN(Cc3ccc(C(N)=O)cc3)CC2)s1. The molecule has 2 heterocycles. The van der Waals surface area contributed by atoms with Crippen molar-refractivity contribution in [1.82, 2.24) is 14.8 Å². The van der Waals surface area contributed by atoms with Gasteiger partial charge in [-0.1, -0.05) is 42.5 Å². The van der Waals surface area contributed by atoms with E-state index >= 15 is 0 Å². The second kappa shape index (κ2) is 8.77. The van der Waals surface area contributed by atoms with Crippen LogP contribution in [0, 0.1) is 6.92 Å². The standard InChI is InChI=1S/C23H24N4O2S/c1-16-25-20(18-5-3-2-4-6-18)21(30-16)23(29)27-13-11-26(12-14-27)15-17-7-9-19(10-8-17)22(24)28/h2-10H,11-15H2,1H3,(H2,24,28). The van der Waals surface area contributed by atoms with E-state index < -0.39 is 5.91 Å². The molecular weight excluding hydrogens is 396 g/mol. The zero-order valence-electron chi connectivity index (χ0n) is 16.9. The fourth-order valence-corrected chi connectivity index (χ4v) is 4.56. The highest BCUT2D eigenvalue weighted by molar-refractivity contribution is 7.14. The van der Waals surface area contributed by atoms with Gasteiger partial charge in [0.1, 0.15) is 4.88 Å². The van der Waals surface area contributed by atoms with E-state index in [-0.39, 0.29) is 5.91 Å². The first-order chi connectivity index (χ1) is 14.5. The lowest BCUT2D eigenvalue weighted by molar-refractivity contribution is 0.0633. The van der Waals surface area contributed by atoms with Crippen molar-refractivity contribution in [2.75, 3.05) is 26.2 Å². The van der Waals surface area contributed by atoms with Gasteiger partial charge < -0.3 is 10.6 Å². The van der Waals surface area contributed by atoms with Crippen LogP contribution in [0.3, 0.4) is 0 Å². The van der Waals surface area contributed by atoms with Gasteiger partial charge in [-0.3, -0.25) is 14.5 Å². The maximum absolute atomic E-state index is 13.2. The number of amides is 2. The number of piperazine rings is 1. The van der Waals surface area contributed by atoms with Gasteiger partial charge in [0.25, 0.3) is 5.91 Å². The van der Waals surface area contributed by atoms with Gasteiger partial charge in [-0.2, -0.15) is 0 Å². The number of nitrogens with two attached hydrogens (primary N) is 1. The van der Waals surface area contributed by atoms with Gasteiger partial charge in [-0.25, -0.2) is 4.98 Å². The Morgan fingerprint density at radius 2 is 1.67 bits per heavy atom. The molecule has 0 radical (unpaired) electrons. The Morgan fingerprint density at radius 3 is 2.30 bits per heavy atom. The zero-order valence-corrected chi connectivity index (χ0v) is 17.7. The van der Waals surface area contributed by atoms with Crippen molar-refractivity contribution in [2.45, 2.75) is 13.5 Å². The molecule has 0 saturated carbocycles. The first kappa shape index (κ1) is 20.3. The zero-order chi connectivity index (χ0) is 21.1. The summed E-state index contributed by atoms with van der Waals surface area (Å²) in [6, 6.07) is 17.3. The molecule has 7 heteroatoms. The van der Waals surface area contributed by atoms with E-state index in [1.807, 2.05) is 54.3 Å². The highest BCUT2D eigenvalue weighted by Gasteiger charge is 2.26. The minimum absolute atomic E-state index is 0.0601. The summed E-state index contributed by atoms with van der Waals surface area (Å²) < 4.78 is 0. The van der Waals surface area contributed by atoms with Crippen LogP contribution in [-0.4, -0.2) is 52.8 Å². The summed E-state index contributed by atoms with van der Waals surface area (Å²) >= 11 is 1.46. The molecule has 2 amide bonds. The number of hydrogen-bond acceptors (Lipinski definition) is 5. The maximum atomic E-state index is 13.2. The second-order valence-electron chi connectivity index (χ2n) is 7.41. The lowest BCUT2D eigenvalue weighted by atomic mass is 10.1. The quantitative estimate of drug-likeness (QED) is 0.688. The Morgan fingerprint density at radius 1 is 1.00 bits per heavy atom. The lowest BCUT2D eigenvalue weighted by Crippen LogP contribution is -2.48. The van der Waals surface area contributed by atoms with Crippen molar-refractivity contribution >= 4 is 23.2 Å². The van der Waals surface area contributed by atoms with Crippen molar-refractivity contribution in [1.29, 1.82) is 0 Å². The number of thiazole rings is 1. The van der Waals surface area contributed by atoms with E-state index in [1.54, 1.807) is 12.1 Å². The Kier molecular flexibility index (Phi) is 5.92. The van der Waals surface area contributed by atoms with E-state index in [0.717, 1.165) is 41.5 Å². The van der Waals surface area contributed by atoms with Crippen molar-refractivity contribution in [2.24, 2.45) is 5.73 Å². The molecule has 1 fully saturated rings. The summed E-state index contributed by atoms with van der Waals surface area (Å²) in [6.45, 7) is 5.71. The smallest absolute Gasteiger partial charge is 0.266 e. The number of rotatable bonds is 5. The van der Waals surface area contributed by atoms with Gasteiger partial charge in [0.2, 0.25) is 5.91 Å². The van der Waals surface area contributed by atoms with Gasteiger partial charge in [0, 0.05) is 43.9 Å². The average Bonchev–Trinajstić information content (AvgIpc) is 3.16. The number of carbonyl (C=O) groups excluding carboxylic acids is 2. The molecular formula is C23H24N4O2S. The van der Waals surface area contributed by atoms with Crippen LogP contribution < -0.4 is 5.73 Å². The maximum Gasteiger partial charge on any atom is 0.266 e. The molecule has 1 aliphatic heterocycles. The van der Waals surface area contributed by atoms with E-state index in [2.05, 4.69) is 9.88 Å². The van der Waals surface area contributed by atoms with E-state index in [1.165, 1.54) is 11.3 Å². The number of aryl methyl sites for hydroxylation is 1. The second-order valence-corrected chi connectivity index (χ2v) is 8.61. The molecule has 30 heavy (non-hydrogen) atoms. The summed E-state index contributed by atoms with van der Waals surface area (Å²) in [5.41, 5.74) is 8.70. The van der Waals surface area contributed by atoms with Crippen LogP contribution in [0.1, 0.15) is 30.6 Å². The fourth-order valence-electron chi connectivity index (χ4n) is 3.65. The third kappa shape index (κ3) is 4.42. The van der Waals surface area contributed by atoms with Crippen molar-refractivity contribution in [3.63, 3.8) is 0 Å². The molecule has 154 valence electrons. The number of primary amides is 1. The van der Waals surface area contributed by atoms with Crippen LogP contribution in [-0.2, 0) is 6.54 Å². The normalized spacial score (nSPS) is 14.6. The first-order valence-corrected chi connectivity index (χ1v) is 10.8.